The maximum absolute atomic E-state index is 12.0. The molecule has 0 aromatic heterocycles. The third-order valence-electron chi connectivity index (χ3n) is 4.81. The molecule has 0 bridgehead atoms. The number of nitrogens with one attached hydrogen (secondary N) is 1. The van der Waals surface area contributed by atoms with Crippen LogP contribution >= 0.6 is 27.5 Å². The number of ether oxygens (including phenoxy) is 2. The van der Waals surface area contributed by atoms with Crippen LogP contribution in [0.5, 0.6) is 11.5 Å². The Hall–Kier alpha value is -3.35. The van der Waals surface area contributed by atoms with Crippen LogP contribution in [0.1, 0.15) is 11.1 Å². The standard InChI is InChI=1S/C26H20BrClN2O3/c27-21-8-13-25(33-16-19-6-3-5-18-4-1-2-7-24(18)19)20(14-21)15-29-30-26(31)17-32-23-11-9-22(28)10-12-23/h1-15H,16-17H2,(H,30,31)/b29-15-. The molecule has 0 atom stereocenters. The fourth-order valence-electron chi connectivity index (χ4n) is 3.21. The van der Waals surface area contributed by atoms with E-state index in [1.807, 2.05) is 36.4 Å². The van der Waals surface area contributed by atoms with Gasteiger partial charge in [0.05, 0.1) is 6.21 Å². The van der Waals surface area contributed by atoms with E-state index in [1.165, 1.54) is 5.39 Å². The summed E-state index contributed by atoms with van der Waals surface area (Å²) in [5.74, 6) is 0.825. The maximum Gasteiger partial charge on any atom is 0.277 e. The highest BCUT2D eigenvalue weighted by Crippen LogP contribution is 2.25. The van der Waals surface area contributed by atoms with Crippen LogP contribution in [-0.2, 0) is 11.4 Å². The van der Waals surface area contributed by atoms with Crippen molar-refractivity contribution in [2.45, 2.75) is 6.61 Å². The van der Waals surface area contributed by atoms with Crippen molar-refractivity contribution in [1.82, 2.24) is 5.43 Å². The Bertz CT molecular complexity index is 1290. The van der Waals surface area contributed by atoms with Crippen molar-refractivity contribution in [2.75, 3.05) is 6.61 Å². The van der Waals surface area contributed by atoms with Crippen LogP contribution in [0, 0.1) is 0 Å². The minimum atomic E-state index is -0.380. The number of rotatable bonds is 8. The quantitative estimate of drug-likeness (QED) is 0.216. The topological polar surface area (TPSA) is 59.9 Å². The summed E-state index contributed by atoms with van der Waals surface area (Å²) in [5.41, 5.74) is 4.28. The molecule has 0 radical (unpaired) electrons. The number of halogens is 2. The Labute approximate surface area is 205 Å². The van der Waals surface area contributed by atoms with E-state index in [0.717, 1.165) is 21.0 Å². The van der Waals surface area contributed by atoms with Gasteiger partial charge in [-0.2, -0.15) is 5.10 Å². The molecular weight excluding hydrogens is 504 g/mol. The summed E-state index contributed by atoms with van der Waals surface area (Å²) in [4.78, 5) is 12.0. The second-order valence-electron chi connectivity index (χ2n) is 7.14. The highest BCUT2D eigenvalue weighted by molar-refractivity contribution is 9.10. The van der Waals surface area contributed by atoms with E-state index in [-0.39, 0.29) is 12.5 Å². The molecule has 33 heavy (non-hydrogen) atoms. The Kier molecular flexibility index (Phi) is 7.60. The molecule has 0 aliphatic rings. The molecule has 0 spiro atoms. The average Bonchev–Trinajstić information content (AvgIpc) is 2.83. The van der Waals surface area contributed by atoms with Crippen LogP contribution in [0.4, 0.5) is 0 Å². The van der Waals surface area contributed by atoms with Gasteiger partial charge in [-0.25, -0.2) is 5.43 Å². The molecule has 166 valence electrons. The summed E-state index contributed by atoms with van der Waals surface area (Å²) >= 11 is 9.31. The third-order valence-corrected chi connectivity index (χ3v) is 5.56. The molecule has 0 heterocycles. The second kappa shape index (κ2) is 11.0. The van der Waals surface area contributed by atoms with Crippen molar-refractivity contribution < 1.29 is 14.3 Å². The molecule has 4 aromatic rings. The molecule has 0 saturated heterocycles. The van der Waals surface area contributed by atoms with E-state index < -0.39 is 0 Å². The molecule has 4 aromatic carbocycles. The summed E-state index contributed by atoms with van der Waals surface area (Å²) < 4.78 is 12.4. The summed E-state index contributed by atoms with van der Waals surface area (Å²) in [6.45, 7) is 0.243. The van der Waals surface area contributed by atoms with E-state index in [9.17, 15) is 4.79 Å². The third kappa shape index (κ3) is 6.34. The second-order valence-corrected chi connectivity index (χ2v) is 8.50. The molecule has 1 N–H and O–H groups in total. The Morgan fingerprint density at radius 3 is 2.61 bits per heavy atom. The lowest BCUT2D eigenvalue weighted by Crippen LogP contribution is -2.24. The van der Waals surface area contributed by atoms with Crippen LogP contribution < -0.4 is 14.9 Å². The van der Waals surface area contributed by atoms with Crippen LogP contribution in [0.3, 0.4) is 0 Å². The molecule has 7 heteroatoms. The van der Waals surface area contributed by atoms with Crippen molar-refractivity contribution in [2.24, 2.45) is 5.10 Å². The molecule has 0 aliphatic heterocycles. The van der Waals surface area contributed by atoms with Crippen LogP contribution in [0.15, 0.2) is 94.5 Å². The highest BCUT2D eigenvalue weighted by Gasteiger charge is 2.07. The first-order valence-electron chi connectivity index (χ1n) is 10.2. The van der Waals surface area contributed by atoms with Crippen molar-refractivity contribution in [3.8, 4) is 11.5 Å². The van der Waals surface area contributed by atoms with Gasteiger partial charge in [0, 0.05) is 15.1 Å². The van der Waals surface area contributed by atoms with Gasteiger partial charge in [0.25, 0.3) is 5.91 Å². The molecule has 5 nitrogen and oxygen atoms in total. The average molecular weight is 524 g/mol. The van der Waals surface area contributed by atoms with Crippen molar-refractivity contribution in [1.29, 1.82) is 0 Å². The number of hydrazone groups is 1. The van der Waals surface area contributed by atoms with Gasteiger partial charge >= 0.3 is 0 Å². The number of amides is 1. The predicted molar refractivity (Wildman–Crippen MR) is 135 cm³/mol. The Morgan fingerprint density at radius 2 is 1.76 bits per heavy atom. The Morgan fingerprint density at radius 1 is 0.970 bits per heavy atom. The first-order chi connectivity index (χ1) is 16.1. The molecule has 0 unspecified atom stereocenters. The lowest BCUT2D eigenvalue weighted by molar-refractivity contribution is -0.123. The molecular formula is C26H20BrClN2O3. The lowest BCUT2D eigenvalue weighted by atomic mass is 10.1. The van der Waals surface area contributed by atoms with Gasteiger partial charge in [0.2, 0.25) is 0 Å². The zero-order valence-electron chi connectivity index (χ0n) is 17.5. The number of hydrogen-bond acceptors (Lipinski definition) is 4. The predicted octanol–water partition coefficient (Wildman–Crippen LogP) is 6.36. The molecule has 0 aliphatic carbocycles. The van der Waals surface area contributed by atoms with Crippen LogP contribution in [0.25, 0.3) is 10.8 Å². The normalized spacial score (nSPS) is 11.0. The fourth-order valence-corrected chi connectivity index (χ4v) is 3.72. The number of carbonyl (C=O) groups is 1. The summed E-state index contributed by atoms with van der Waals surface area (Å²) in [5, 5.41) is 6.97. The Balaban J connectivity index is 1.38. The molecule has 0 saturated carbocycles. The number of carbonyl (C=O) groups excluding carboxylic acids is 1. The van der Waals surface area contributed by atoms with Gasteiger partial charge in [-0.05, 0) is 58.8 Å². The van der Waals surface area contributed by atoms with Crippen molar-refractivity contribution >= 4 is 50.4 Å². The minimum absolute atomic E-state index is 0.165. The number of fused-ring (bicyclic) bond motifs is 1. The summed E-state index contributed by atoms with van der Waals surface area (Å²) in [6.07, 6.45) is 1.55. The SMILES string of the molecule is O=C(COc1ccc(Cl)cc1)N/N=C\c1cc(Br)ccc1OCc1cccc2ccccc12. The molecule has 0 fully saturated rings. The van der Waals surface area contributed by atoms with Gasteiger partial charge in [0.1, 0.15) is 18.1 Å². The monoisotopic (exact) mass is 522 g/mol. The zero-order valence-corrected chi connectivity index (χ0v) is 19.8. The van der Waals surface area contributed by atoms with Crippen LogP contribution in [-0.4, -0.2) is 18.7 Å². The van der Waals surface area contributed by atoms with Crippen LogP contribution in [0.2, 0.25) is 5.02 Å². The first kappa shape index (κ1) is 22.8. The number of hydrogen-bond donors (Lipinski definition) is 1. The first-order valence-corrected chi connectivity index (χ1v) is 11.3. The summed E-state index contributed by atoms with van der Waals surface area (Å²) in [7, 11) is 0. The number of nitrogens with zero attached hydrogens (tertiary/aromatic N) is 1. The van der Waals surface area contributed by atoms with Gasteiger partial charge in [0.15, 0.2) is 6.61 Å². The van der Waals surface area contributed by atoms with Gasteiger partial charge in [-0.15, -0.1) is 0 Å². The van der Waals surface area contributed by atoms with E-state index >= 15 is 0 Å². The van der Waals surface area contributed by atoms with E-state index in [0.29, 0.717) is 23.1 Å². The summed E-state index contributed by atoms with van der Waals surface area (Å²) in [6, 6.07) is 26.8. The van der Waals surface area contributed by atoms with Crippen molar-refractivity contribution in [3.05, 3.63) is 106 Å². The van der Waals surface area contributed by atoms with E-state index in [4.69, 9.17) is 21.1 Å². The van der Waals surface area contributed by atoms with Gasteiger partial charge in [-0.3, -0.25) is 4.79 Å². The molecule has 1 amide bonds. The maximum atomic E-state index is 12.0. The lowest BCUT2D eigenvalue weighted by Gasteiger charge is -2.11. The van der Waals surface area contributed by atoms with Gasteiger partial charge in [-0.1, -0.05) is 70.0 Å². The largest absolute Gasteiger partial charge is 0.488 e. The minimum Gasteiger partial charge on any atom is -0.488 e. The fraction of sp³-hybridized carbons (Fsp3) is 0.0769. The van der Waals surface area contributed by atoms with E-state index in [1.54, 1.807) is 30.5 Å². The molecule has 4 rings (SSSR count). The zero-order chi connectivity index (χ0) is 23.0. The highest BCUT2D eigenvalue weighted by atomic mass is 79.9. The number of benzene rings is 4. The van der Waals surface area contributed by atoms with Gasteiger partial charge < -0.3 is 9.47 Å². The van der Waals surface area contributed by atoms with Crippen molar-refractivity contribution in [3.63, 3.8) is 0 Å². The smallest absolute Gasteiger partial charge is 0.277 e. The van der Waals surface area contributed by atoms with E-state index in [2.05, 4.69) is 50.7 Å².